The maximum absolute atomic E-state index is 11.9. The standard InChI is InChI=1S/C15H26N4O/c1-12-13(11-18-19-12)6-5-9-17-14(20)10-15(16)7-3-2-4-8-15/h11H,2-10,16H2,1H3,(H,17,20)(H,18,19). The van der Waals surface area contributed by atoms with Gasteiger partial charge in [0.2, 0.25) is 5.91 Å². The molecule has 1 heterocycles. The molecule has 1 aliphatic carbocycles. The van der Waals surface area contributed by atoms with Crippen LogP contribution in [0.2, 0.25) is 0 Å². The first-order valence-electron chi connectivity index (χ1n) is 7.63. The van der Waals surface area contributed by atoms with Gasteiger partial charge in [0.15, 0.2) is 0 Å². The summed E-state index contributed by atoms with van der Waals surface area (Å²) < 4.78 is 0. The fraction of sp³-hybridized carbons (Fsp3) is 0.733. The second-order valence-corrected chi connectivity index (χ2v) is 6.07. The van der Waals surface area contributed by atoms with E-state index >= 15 is 0 Å². The number of aromatic nitrogens is 2. The number of nitrogens with one attached hydrogen (secondary N) is 2. The molecule has 0 aliphatic heterocycles. The van der Waals surface area contributed by atoms with Crippen molar-refractivity contribution in [1.29, 1.82) is 0 Å². The minimum atomic E-state index is -0.260. The van der Waals surface area contributed by atoms with Crippen molar-refractivity contribution in [3.8, 4) is 0 Å². The van der Waals surface area contributed by atoms with Crippen LogP contribution in [0.1, 0.15) is 56.2 Å². The van der Waals surface area contributed by atoms with Crippen molar-refractivity contribution in [3.63, 3.8) is 0 Å². The molecule has 0 saturated heterocycles. The number of H-pyrrole nitrogens is 1. The zero-order chi connectivity index (χ0) is 14.4. The summed E-state index contributed by atoms with van der Waals surface area (Å²) in [6.07, 6.45) is 9.73. The molecule has 20 heavy (non-hydrogen) atoms. The SMILES string of the molecule is Cc1[nH]ncc1CCCNC(=O)CC1(N)CCCCC1. The van der Waals surface area contributed by atoms with Gasteiger partial charge in [0.05, 0.1) is 6.20 Å². The summed E-state index contributed by atoms with van der Waals surface area (Å²) in [6.45, 7) is 2.72. The first kappa shape index (κ1) is 15.0. The Balaban J connectivity index is 1.64. The third kappa shape index (κ3) is 4.34. The van der Waals surface area contributed by atoms with E-state index in [0.29, 0.717) is 13.0 Å². The fourth-order valence-electron chi connectivity index (χ4n) is 2.95. The molecular formula is C15H26N4O. The third-order valence-electron chi connectivity index (χ3n) is 4.24. The lowest BCUT2D eigenvalue weighted by Gasteiger charge is -2.32. The van der Waals surface area contributed by atoms with E-state index in [1.54, 1.807) is 0 Å². The van der Waals surface area contributed by atoms with Crippen LogP contribution < -0.4 is 11.1 Å². The van der Waals surface area contributed by atoms with Gasteiger partial charge >= 0.3 is 0 Å². The van der Waals surface area contributed by atoms with E-state index in [2.05, 4.69) is 15.5 Å². The van der Waals surface area contributed by atoms with Gasteiger partial charge in [-0.1, -0.05) is 19.3 Å². The Labute approximate surface area is 120 Å². The number of carbonyl (C=O) groups is 1. The molecule has 5 heteroatoms. The first-order valence-corrected chi connectivity index (χ1v) is 7.63. The molecule has 1 aliphatic rings. The predicted octanol–water partition coefficient (Wildman–Crippen LogP) is 1.82. The normalized spacial score (nSPS) is 17.9. The Kier molecular flexibility index (Phi) is 5.17. The number of nitrogens with two attached hydrogens (primary N) is 1. The minimum Gasteiger partial charge on any atom is -0.356 e. The molecule has 0 unspecified atom stereocenters. The van der Waals surface area contributed by atoms with Crippen LogP contribution >= 0.6 is 0 Å². The maximum Gasteiger partial charge on any atom is 0.221 e. The largest absolute Gasteiger partial charge is 0.356 e. The van der Waals surface area contributed by atoms with Gasteiger partial charge in [0.25, 0.3) is 0 Å². The van der Waals surface area contributed by atoms with Gasteiger partial charge in [0.1, 0.15) is 0 Å². The summed E-state index contributed by atoms with van der Waals surface area (Å²) >= 11 is 0. The smallest absolute Gasteiger partial charge is 0.221 e. The molecule has 5 nitrogen and oxygen atoms in total. The highest BCUT2D eigenvalue weighted by atomic mass is 16.1. The lowest BCUT2D eigenvalue weighted by molar-refractivity contribution is -0.122. The molecule has 4 N–H and O–H groups in total. The van der Waals surface area contributed by atoms with E-state index in [9.17, 15) is 4.79 Å². The van der Waals surface area contributed by atoms with Crippen molar-refractivity contribution >= 4 is 5.91 Å². The topological polar surface area (TPSA) is 83.8 Å². The van der Waals surface area contributed by atoms with E-state index in [4.69, 9.17) is 5.73 Å². The number of amides is 1. The van der Waals surface area contributed by atoms with Gasteiger partial charge in [-0.05, 0) is 38.2 Å². The van der Waals surface area contributed by atoms with E-state index < -0.39 is 0 Å². The van der Waals surface area contributed by atoms with Crippen LogP contribution in [0.25, 0.3) is 0 Å². The number of aryl methyl sites for hydroxylation is 2. The first-order chi connectivity index (χ1) is 9.59. The van der Waals surface area contributed by atoms with Crippen LogP contribution in [0.3, 0.4) is 0 Å². The van der Waals surface area contributed by atoms with E-state index in [-0.39, 0.29) is 11.4 Å². The molecule has 0 aromatic carbocycles. The average Bonchev–Trinajstić information content (AvgIpc) is 2.81. The van der Waals surface area contributed by atoms with Gasteiger partial charge < -0.3 is 11.1 Å². The lowest BCUT2D eigenvalue weighted by Crippen LogP contribution is -2.46. The monoisotopic (exact) mass is 278 g/mol. The molecule has 2 rings (SSSR count). The van der Waals surface area contributed by atoms with Crippen molar-refractivity contribution in [1.82, 2.24) is 15.5 Å². The number of rotatable bonds is 6. The van der Waals surface area contributed by atoms with Gasteiger partial charge in [-0.15, -0.1) is 0 Å². The second kappa shape index (κ2) is 6.88. The highest BCUT2D eigenvalue weighted by Gasteiger charge is 2.29. The van der Waals surface area contributed by atoms with Gasteiger partial charge in [-0.2, -0.15) is 5.10 Å². The van der Waals surface area contributed by atoms with Gasteiger partial charge in [-0.3, -0.25) is 9.89 Å². The molecule has 0 radical (unpaired) electrons. The summed E-state index contributed by atoms with van der Waals surface area (Å²) in [6, 6.07) is 0. The van der Waals surface area contributed by atoms with Crippen LogP contribution in [0.4, 0.5) is 0 Å². The predicted molar refractivity (Wildman–Crippen MR) is 79.3 cm³/mol. The van der Waals surface area contributed by atoms with Crippen LogP contribution in [-0.4, -0.2) is 28.2 Å². The Morgan fingerprint density at radius 2 is 2.20 bits per heavy atom. The molecule has 1 amide bonds. The summed E-state index contributed by atoms with van der Waals surface area (Å²) in [5.74, 6) is 0.0957. The molecular weight excluding hydrogens is 252 g/mol. The van der Waals surface area contributed by atoms with E-state index in [1.807, 2.05) is 13.1 Å². The number of aromatic amines is 1. The quantitative estimate of drug-likeness (QED) is 0.694. The van der Waals surface area contributed by atoms with Gasteiger partial charge in [-0.25, -0.2) is 0 Å². The van der Waals surface area contributed by atoms with Crippen LogP contribution in [0, 0.1) is 6.92 Å². The van der Waals surface area contributed by atoms with Crippen molar-refractivity contribution in [2.45, 2.75) is 63.8 Å². The fourth-order valence-corrected chi connectivity index (χ4v) is 2.95. The van der Waals surface area contributed by atoms with E-state index in [0.717, 1.165) is 44.2 Å². The maximum atomic E-state index is 11.9. The Bertz CT molecular complexity index is 435. The number of hydrogen-bond donors (Lipinski definition) is 3. The average molecular weight is 278 g/mol. The van der Waals surface area contributed by atoms with Crippen LogP contribution in [0.15, 0.2) is 6.20 Å². The zero-order valence-electron chi connectivity index (χ0n) is 12.4. The second-order valence-electron chi connectivity index (χ2n) is 6.07. The highest BCUT2D eigenvalue weighted by molar-refractivity contribution is 5.77. The Morgan fingerprint density at radius 1 is 1.45 bits per heavy atom. The zero-order valence-corrected chi connectivity index (χ0v) is 12.4. The van der Waals surface area contributed by atoms with E-state index in [1.165, 1.54) is 12.0 Å². The lowest BCUT2D eigenvalue weighted by atomic mass is 9.80. The van der Waals surface area contributed by atoms with Crippen molar-refractivity contribution in [3.05, 3.63) is 17.5 Å². The van der Waals surface area contributed by atoms with Crippen LogP contribution in [0.5, 0.6) is 0 Å². The summed E-state index contributed by atoms with van der Waals surface area (Å²) in [5.41, 5.74) is 8.36. The highest BCUT2D eigenvalue weighted by Crippen LogP contribution is 2.28. The molecule has 0 atom stereocenters. The van der Waals surface area contributed by atoms with Crippen molar-refractivity contribution < 1.29 is 4.79 Å². The molecule has 1 fully saturated rings. The summed E-state index contributed by atoms with van der Waals surface area (Å²) in [7, 11) is 0. The van der Waals surface area contributed by atoms with Crippen LogP contribution in [-0.2, 0) is 11.2 Å². The third-order valence-corrected chi connectivity index (χ3v) is 4.24. The summed E-state index contributed by atoms with van der Waals surface area (Å²) in [4.78, 5) is 11.9. The van der Waals surface area contributed by atoms with Crippen molar-refractivity contribution in [2.75, 3.05) is 6.54 Å². The number of hydrogen-bond acceptors (Lipinski definition) is 3. The molecule has 0 spiro atoms. The molecule has 1 aromatic heterocycles. The van der Waals surface area contributed by atoms with Gasteiger partial charge in [0, 0.05) is 24.2 Å². The molecule has 0 bridgehead atoms. The Morgan fingerprint density at radius 3 is 2.85 bits per heavy atom. The number of nitrogens with zero attached hydrogens (tertiary/aromatic N) is 1. The van der Waals surface area contributed by atoms with Crippen molar-refractivity contribution in [2.24, 2.45) is 5.73 Å². The number of carbonyl (C=O) groups excluding carboxylic acids is 1. The molecule has 1 saturated carbocycles. The minimum absolute atomic E-state index is 0.0957. The molecule has 112 valence electrons. The summed E-state index contributed by atoms with van der Waals surface area (Å²) in [5, 5.41) is 9.90. The Hall–Kier alpha value is -1.36. The molecule has 1 aromatic rings.